The number of ether oxygens (including phenoxy) is 2. The molecule has 0 aliphatic heterocycles. The van der Waals surface area contributed by atoms with E-state index in [2.05, 4.69) is 60.6 Å². The van der Waals surface area contributed by atoms with Crippen LogP contribution in [0.15, 0.2) is 61.2 Å². The van der Waals surface area contributed by atoms with Crippen LogP contribution in [0.1, 0.15) is 42.3 Å². The van der Waals surface area contributed by atoms with Gasteiger partial charge in [0.1, 0.15) is 5.82 Å². The van der Waals surface area contributed by atoms with Gasteiger partial charge in [0.05, 0.1) is 20.0 Å². The number of aromatic nitrogens is 5. The molecule has 0 spiro atoms. The zero-order valence-electron chi connectivity index (χ0n) is 20.9. The first-order valence-electron chi connectivity index (χ1n) is 12.4. The van der Waals surface area contributed by atoms with Gasteiger partial charge in [0.15, 0.2) is 11.5 Å². The first-order chi connectivity index (χ1) is 18.0. The van der Waals surface area contributed by atoms with Gasteiger partial charge in [-0.2, -0.15) is 8.78 Å². The lowest BCUT2D eigenvalue weighted by Crippen LogP contribution is -2.29. The van der Waals surface area contributed by atoms with E-state index in [1.807, 2.05) is 17.1 Å². The first kappa shape index (κ1) is 24.7. The van der Waals surface area contributed by atoms with E-state index in [1.165, 1.54) is 24.3 Å². The summed E-state index contributed by atoms with van der Waals surface area (Å²) in [7, 11) is 1.45. The van der Waals surface area contributed by atoms with Crippen LogP contribution in [0.5, 0.6) is 11.5 Å². The molecule has 2 aromatic carbocycles. The van der Waals surface area contributed by atoms with E-state index < -0.39 is 6.61 Å². The predicted octanol–water partition coefficient (Wildman–Crippen LogP) is 4.91. The highest BCUT2D eigenvalue weighted by molar-refractivity contribution is 5.45. The normalized spacial score (nSPS) is 13.2. The summed E-state index contributed by atoms with van der Waals surface area (Å²) in [5.41, 5.74) is 3.28. The molecule has 0 N–H and O–H groups in total. The number of halogens is 2. The van der Waals surface area contributed by atoms with Gasteiger partial charge < -0.3 is 18.9 Å². The molecular weight excluding hydrogens is 478 g/mol. The standard InChI is InChI=1S/C27H30F2N6O2/c1-3-25-31-32-27(35(25)17-20-6-4-5-19(13-20)15-33-12-11-30-18-33)34(22-8-9-22)16-21-7-10-23(37-26(28)29)24(14-21)36-2/h4-7,10-14,18,22,26H,3,8-9,15-17H2,1-2H3. The summed E-state index contributed by atoms with van der Waals surface area (Å²) in [4.78, 5) is 6.38. The van der Waals surface area contributed by atoms with Crippen molar-refractivity contribution in [2.75, 3.05) is 12.0 Å². The van der Waals surface area contributed by atoms with Crippen molar-refractivity contribution in [3.63, 3.8) is 0 Å². The topological polar surface area (TPSA) is 70.2 Å². The smallest absolute Gasteiger partial charge is 0.387 e. The summed E-state index contributed by atoms with van der Waals surface area (Å²) in [5, 5.41) is 9.09. The van der Waals surface area contributed by atoms with E-state index in [1.54, 1.807) is 18.3 Å². The fraction of sp³-hybridized carbons (Fsp3) is 0.370. The molecule has 1 fully saturated rings. The first-order valence-corrected chi connectivity index (χ1v) is 12.4. The van der Waals surface area contributed by atoms with Gasteiger partial charge in [-0.05, 0) is 41.7 Å². The molecule has 0 radical (unpaired) electrons. The Labute approximate surface area is 214 Å². The molecule has 2 aromatic heterocycles. The predicted molar refractivity (Wildman–Crippen MR) is 135 cm³/mol. The number of hydrogen-bond acceptors (Lipinski definition) is 6. The molecule has 1 aliphatic carbocycles. The van der Waals surface area contributed by atoms with Crippen LogP contribution in [0.3, 0.4) is 0 Å². The number of imidazole rings is 1. The molecule has 0 amide bonds. The molecule has 37 heavy (non-hydrogen) atoms. The Kier molecular flexibility index (Phi) is 7.34. The fourth-order valence-electron chi connectivity index (χ4n) is 4.51. The molecule has 4 aromatic rings. The third-order valence-corrected chi connectivity index (χ3v) is 6.42. The summed E-state index contributed by atoms with van der Waals surface area (Å²) in [6.45, 7) is 1.13. The second-order valence-electron chi connectivity index (χ2n) is 9.13. The van der Waals surface area contributed by atoms with Gasteiger partial charge in [-0.15, -0.1) is 10.2 Å². The van der Waals surface area contributed by atoms with Crippen LogP contribution >= 0.6 is 0 Å². The van der Waals surface area contributed by atoms with E-state index in [0.717, 1.165) is 43.1 Å². The second-order valence-corrected chi connectivity index (χ2v) is 9.13. The number of nitrogens with zero attached hydrogens (tertiary/aromatic N) is 6. The minimum absolute atomic E-state index is 0.0197. The number of alkyl halides is 2. The van der Waals surface area contributed by atoms with Gasteiger partial charge in [-0.3, -0.25) is 4.57 Å². The Morgan fingerprint density at radius 3 is 2.51 bits per heavy atom. The molecule has 1 saturated carbocycles. The van der Waals surface area contributed by atoms with Gasteiger partial charge in [0, 0.05) is 37.9 Å². The number of benzene rings is 2. The molecular formula is C27H30F2N6O2. The SMILES string of the molecule is CCc1nnc(N(Cc2ccc(OC(F)F)c(OC)c2)C2CC2)n1Cc1cccc(Cn2ccnc2)c1. The number of methoxy groups -OCH3 is 1. The molecule has 10 heteroatoms. The number of hydrogen-bond donors (Lipinski definition) is 0. The lowest BCUT2D eigenvalue weighted by molar-refractivity contribution is -0.0512. The molecule has 194 valence electrons. The highest BCUT2D eigenvalue weighted by atomic mass is 19.3. The van der Waals surface area contributed by atoms with Crippen LogP contribution in [0.4, 0.5) is 14.7 Å². The zero-order chi connectivity index (χ0) is 25.8. The highest BCUT2D eigenvalue weighted by Gasteiger charge is 2.33. The Balaban J connectivity index is 1.40. The number of rotatable bonds is 12. The highest BCUT2D eigenvalue weighted by Crippen LogP contribution is 2.35. The van der Waals surface area contributed by atoms with E-state index in [0.29, 0.717) is 19.1 Å². The third-order valence-electron chi connectivity index (χ3n) is 6.42. The Morgan fingerprint density at radius 2 is 1.84 bits per heavy atom. The van der Waals surface area contributed by atoms with Crippen LogP contribution < -0.4 is 14.4 Å². The van der Waals surface area contributed by atoms with Crippen molar-refractivity contribution >= 4 is 5.95 Å². The van der Waals surface area contributed by atoms with Crippen molar-refractivity contribution in [3.05, 3.63) is 83.7 Å². The van der Waals surface area contributed by atoms with Crippen molar-refractivity contribution < 1.29 is 18.3 Å². The van der Waals surface area contributed by atoms with Gasteiger partial charge in [-0.25, -0.2) is 4.98 Å². The molecule has 8 nitrogen and oxygen atoms in total. The lowest BCUT2D eigenvalue weighted by Gasteiger charge is -2.25. The molecule has 0 atom stereocenters. The zero-order valence-corrected chi connectivity index (χ0v) is 20.9. The summed E-state index contributed by atoms with van der Waals surface area (Å²) < 4.78 is 39.6. The van der Waals surface area contributed by atoms with Crippen molar-refractivity contribution in [1.82, 2.24) is 24.3 Å². The van der Waals surface area contributed by atoms with E-state index in [-0.39, 0.29) is 11.5 Å². The monoisotopic (exact) mass is 508 g/mol. The molecule has 1 aliphatic rings. The molecule has 0 saturated heterocycles. The Bertz CT molecular complexity index is 1320. The van der Waals surface area contributed by atoms with E-state index in [4.69, 9.17) is 4.74 Å². The average Bonchev–Trinajstić information content (AvgIpc) is 3.46. The van der Waals surface area contributed by atoms with Crippen LogP contribution in [-0.2, 0) is 26.1 Å². The molecule has 0 unspecified atom stereocenters. The minimum atomic E-state index is -2.91. The van der Waals surface area contributed by atoms with Crippen LogP contribution in [-0.4, -0.2) is 44.1 Å². The average molecular weight is 509 g/mol. The maximum absolute atomic E-state index is 12.8. The van der Waals surface area contributed by atoms with Gasteiger partial charge in [0.2, 0.25) is 5.95 Å². The quantitative estimate of drug-likeness (QED) is 0.271. The molecule has 5 rings (SSSR count). The number of aryl methyl sites for hydroxylation is 1. The van der Waals surface area contributed by atoms with Crippen molar-refractivity contribution in [3.8, 4) is 11.5 Å². The van der Waals surface area contributed by atoms with E-state index in [9.17, 15) is 8.78 Å². The minimum Gasteiger partial charge on any atom is -0.493 e. The van der Waals surface area contributed by atoms with Gasteiger partial charge in [-0.1, -0.05) is 37.3 Å². The van der Waals surface area contributed by atoms with E-state index >= 15 is 0 Å². The number of anilines is 1. The third kappa shape index (κ3) is 5.90. The van der Waals surface area contributed by atoms with Crippen LogP contribution in [0.2, 0.25) is 0 Å². The maximum atomic E-state index is 12.8. The Hall–Kier alpha value is -3.95. The summed E-state index contributed by atoms with van der Waals surface area (Å²) in [6.07, 6.45) is 8.44. The summed E-state index contributed by atoms with van der Waals surface area (Å²) >= 11 is 0. The molecule has 0 bridgehead atoms. The maximum Gasteiger partial charge on any atom is 0.387 e. The van der Waals surface area contributed by atoms with Crippen molar-refractivity contribution in [1.29, 1.82) is 0 Å². The van der Waals surface area contributed by atoms with Gasteiger partial charge in [0.25, 0.3) is 0 Å². The van der Waals surface area contributed by atoms with Crippen molar-refractivity contribution in [2.24, 2.45) is 0 Å². The molecule has 2 heterocycles. The lowest BCUT2D eigenvalue weighted by atomic mass is 10.1. The fourth-order valence-corrected chi connectivity index (χ4v) is 4.51. The summed E-state index contributed by atoms with van der Waals surface area (Å²) in [5.74, 6) is 2.02. The second kappa shape index (κ2) is 11.0. The Morgan fingerprint density at radius 1 is 1.03 bits per heavy atom. The van der Waals surface area contributed by atoms with Crippen molar-refractivity contribution in [2.45, 2.75) is 58.5 Å². The van der Waals surface area contributed by atoms with Gasteiger partial charge >= 0.3 is 6.61 Å². The van der Waals surface area contributed by atoms with Crippen LogP contribution in [0.25, 0.3) is 0 Å². The largest absolute Gasteiger partial charge is 0.493 e. The summed E-state index contributed by atoms with van der Waals surface area (Å²) in [6, 6.07) is 13.9. The van der Waals surface area contributed by atoms with Crippen LogP contribution in [0, 0.1) is 0 Å².